The second-order valence-corrected chi connectivity index (χ2v) is 4.38. The zero-order chi connectivity index (χ0) is 14.0. The highest BCUT2D eigenvalue weighted by Gasteiger charge is 2.13. The zero-order valence-electron chi connectivity index (χ0n) is 10.0. The van der Waals surface area contributed by atoms with Gasteiger partial charge in [-0.15, -0.1) is 0 Å². The van der Waals surface area contributed by atoms with Crippen LogP contribution in [0, 0.1) is 12.7 Å². The van der Waals surface area contributed by atoms with Gasteiger partial charge in [-0.25, -0.2) is 9.18 Å². The van der Waals surface area contributed by atoms with E-state index in [1.165, 1.54) is 24.3 Å². The molecule has 2 aromatic rings. The molecular formula is C13H11ClFNO3. The number of rotatable bonds is 4. The molecule has 6 heteroatoms. The predicted molar refractivity (Wildman–Crippen MR) is 69.1 cm³/mol. The van der Waals surface area contributed by atoms with Crippen LogP contribution < -0.4 is 5.32 Å². The Labute approximate surface area is 113 Å². The number of halogens is 2. The highest BCUT2D eigenvalue weighted by Crippen LogP contribution is 2.21. The molecule has 0 fully saturated rings. The number of aromatic carboxylic acids is 1. The van der Waals surface area contributed by atoms with Crippen molar-refractivity contribution in [2.24, 2.45) is 0 Å². The maximum atomic E-state index is 13.0. The normalized spacial score (nSPS) is 10.5. The molecule has 19 heavy (non-hydrogen) atoms. The van der Waals surface area contributed by atoms with E-state index in [2.05, 4.69) is 5.32 Å². The number of hydrogen-bond donors (Lipinski definition) is 2. The second kappa shape index (κ2) is 5.32. The Kier molecular flexibility index (Phi) is 3.76. The topological polar surface area (TPSA) is 62.5 Å². The molecule has 0 spiro atoms. The molecule has 2 N–H and O–H groups in total. The first-order valence-electron chi connectivity index (χ1n) is 5.49. The summed E-state index contributed by atoms with van der Waals surface area (Å²) in [6.07, 6.45) is 0. The van der Waals surface area contributed by atoms with Crippen LogP contribution in [0.5, 0.6) is 0 Å². The predicted octanol–water partition coefficient (Wildman–Crippen LogP) is 3.69. The molecule has 0 amide bonds. The molecule has 1 aromatic heterocycles. The standard InChI is InChI=1S/C13H11ClFNO3/c1-7-10(13(17)18)5-9(19-7)6-16-8-2-3-12(15)11(14)4-8/h2-5,16H,6H2,1H3,(H,17,18). The number of nitrogens with one attached hydrogen (secondary N) is 1. The Hall–Kier alpha value is -2.01. The molecule has 2 rings (SSSR count). The van der Waals surface area contributed by atoms with Gasteiger partial charge in [0.25, 0.3) is 0 Å². The molecule has 0 atom stereocenters. The lowest BCUT2D eigenvalue weighted by Crippen LogP contribution is -1.99. The summed E-state index contributed by atoms with van der Waals surface area (Å²) in [4.78, 5) is 10.9. The number of furan rings is 1. The Morgan fingerprint density at radius 1 is 1.47 bits per heavy atom. The molecule has 0 saturated carbocycles. The highest BCUT2D eigenvalue weighted by molar-refractivity contribution is 6.31. The van der Waals surface area contributed by atoms with Gasteiger partial charge in [-0.2, -0.15) is 0 Å². The number of benzene rings is 1. The fraction of sp³-hybridized carbons (Fsp3) is 0.154. The van der Waals surface area contributed by atoms with Crippen LogP contribution in [-0.4, -0.2) is 11.1 Å². The number of carbonyl (C=O) groups is 1. The Bertz CT molecular complexity index is 624. The fourth-order valence-corrected chi connectivity index (χ4v) is 1.82. The monoisotopic (exact) mass is 283 g/mol. The van der Waals surface area contributed by atoms with Crippen molar-refractivity contribution >= 4 is 23.3 Å². The number of carboxylic acid groups (broad SMARTS) is 1. The molecule has 0 bridgehead atoms. The lowest BCUT2D eigenvalue weighted by molar-refractivity contribution is 0.0695. The van der Waals surface area contributed by atoms with Crippen LogP contribution in [-0.2, 0) is 6.54 Å². The van der Waals surface area contributed by atoms with Crippen molar-refractivity contribution in [3.05, 3.63) is 52.2 Å². The van der Waals surface area contributed by atoms with Crippen LogP contribution in [0.4, 0.5) is 10.1 Å². The minimum atomic E-state index is -1.03. The SMILES string of the molecule is Cc1oc(CNc2ccc(F)c(Cl)c2)cc1C(=O)O. The molecule has 0 aliphatic heterocycles. The van der Waals surface area contributed by atoms with Gasteiger partial charge in [-0.05, 0) is 31.2 Å². The van der Waals surface area contributed by atoms with Crippen LogP contribution in [0.25, 0.3) is 0 Å². The Morgan fingerprint density at radius 2 is 2.21 bits per heavy atom. The van der Waals surface area contributed by atoms with Crippen LogP contribution in [0.2, 0.25) is 5.02 Å². The summed E-state index contributed by atoms with van der Waals surface area (Å²) in [6, 6.07) is 5.69. The first kappa shape index (κ1) is 13.4. The average Bonchev–Trinajstić information content (AvgIpc) is 2.72. The maximum absolute atomic E-state index is 13.0. The first-order chi connectivity index (χ1) is 8.97. The average molecular weight is 284 g/mol. The van der Waals surface area contributed by atoms with Gasteiger partial charge >= 0.3 is 5.97 Å². The van der Waals surface area contributed by atoms with Gasteiger partial charge in [0.1, 0.15) is 22.9 Å². The Balaban J connectivity index is 2.08. The summed E-state index contributed by atoms with van der Waals surface area (Å²) < 4.78 is 18.3. The van der Waals surface area contributed by atoms with E-state index in [1.54, 1.807) is 6.92 Å². The minimum absolute atomic E-state index is 0.0202. The number of hydrogen-bond acceptors (Lipinski definition) is 3. The van der Waals surface area contributed by atoms with E-state index in [1.807, 2.05) is 0 Å². The first-order valence-corrected chi connectivity index (χ1v) is 5.86. The van der Waals surface area contributed by atoms with Gasteiger partial charge in [-0.1, -0.05) is 11.6 Å². The number of aryl methyl sites for hydroxylation is 1. The van der Waals surface area contributed by atoms with Gasteiger partial charge in [-0.3, -0.25) is 0 Å². The number of anilines is 1. The quantitative estimate of drug-likeness (QED) is 0.898. The van der Waals surface area contributed by atoms with Crippen LogP contribution in [0.3, 0.4) is 0 Å². The van der Waals surface area contributed by atoms with Crippen molar-refractivity contribution in [3.8, 4) is 0 Å². The van der Waals surface area contributed by atoms with Crippen molar-refractivity contribution in [1.82, 2.24) is 0 Å². The molecule has 0 aliphatic rings. The zero-order valence-corrected chi connectivity index (χ0v) is 10.8. The molecule has 0 saturated heterocycles. The lowest BCUT2D eigenvalue weighted by Gasteiger charge is -2.04. The van der Waals surface area contributed by atoms with Crippen molar-refractivity contribution in [1.29, 1.82) is 0 Å². The van der Waals surface area contributed by atoms with Gasteiger partial charge < -0.3 is 14.8 Å². The van der Waals surface area contributed by atoms with E-state index in [0.29, 0.717) is 17.2 Å². The smallest absolute Gasteiger partial charge is 0.339 e. The molecule has 0 aliphatic carbocycles. The molecule has 100 valence electrons. The van der Waals surface area contributed by atoms with E-state index in [4.69, 9.17) is 21.1 Å². The molecule has 0 unspecified atom stereocenters. The van der Waals surface area contributed by atoms with Gasteiger partial charge in [0, 0.05) is 5.69 Å². The summed E-state index contributed by atoms with van der Waals surface area (Å²) in [5.74, 6) is -0.691. The largest absolute Gasteiger partial charge is 0.478 e. The molecule has 1 aromatic carbocycles. The van der Waals surface area contributed by atoms with Crippen molar-refractivity contribution in [2.75, 3.05) is 5.32 Å². The third-order valence-corrected chi connectivity index (χ3v) is 2.88. The van der Waals surface area contributed by atoms with Crippen molar-refractivity contribution in [2.45, 2.75) is 13.5 Å². The Morgan fingerprint density at radius 3 is 2.79 bits per heavy atom. The fourth-order valence-electron chi connectivity index (χ4n) is 1.64. The lowest BCUT2D eigenvalue weighted by atomic mass is 10.2. The molecule has 0 radical (unpaired) electrons. The van der Waals surface area contributed by atoms with Crippen LogP contribution in [0.1, 0.15) is 21.9 Å². The third kappa shape index (κ3) is 3.06. The van der Waals surface area contributed by atoms with Crippen molar-refractivity contribution in [3.63, 3.8) is 0 Å². The van der Waals surface area contributed by atoms with Crippen molar-refractivity contribution < 1.29 is 18.7 Å². The highest BCUT2D eigenvalue weighted by atomic mass is 35.5. The minimum Gasteiger partial charge on any atom is -0.478 e. The maximum Gasteiger partial charge on any atom is 0.339 e. The summed E-state index contributed by atoms with van der Waals surface area (Å²) in [5.41, 5.74) is 0.756. The van der Waals surface area contributed by atoms with E-state index in [-0.39, 0.29) is 17.1 Å². The van der Waals surface area contributed by atoms with Crippen LogP contribution >= 0.6 is 11.6 Å². The third-order valence-electron chi connectivity index (χ3n) is 2.59. The molecular weight excluding hydrogens is 273 g/mol. The second-order valence-electron chi connectivity index (χ2n) is 3.97. The molecule has 4 nitrogen and oxygen atoms in total. The molecule has 1 heterocycles. The summed E-state index contributed by atoms with van der Waals surface area (Å²) in [5, 5.41) is 11.9. The summed E-state index contributed by atoms with van der Waals surface area (Å²) >= 11 is 5.65. The van der Waals surface area contributed by atoms with E-state index in [0.717, 1.165) is 0 Å². The summed E-state index contributed by atoms with van der Waals surface area (Å²) in [6.45, 7) is 1.87. The van der Waals surface area contributed by atoms with E-state index in [9.17, 15) is 9.18 Å². The van der Waals surface area contributed by atoms with Gasteiger partial charge in [0.05, 0.1) is 11.6 Å². The van der Waals surface area contributed by atoms with E-state index >= 15 is 0 Å². The van der Waals surface area contributed by atoms with Gasteiger partial charge in [0.15, 0.2) is 0 Å². The van der Waals surface area contributed by atoms with Gasteiger partial charge in [0.2, 0.25) is 0 Å². The summed E-state index contributed by atoms with van der Waals surface area (Å²) in [7, 11) is 0. The van der Waals surface area contributed by atoms with E-state index < -0.39 is 11.8 Å². The number of carboxylic acids is 1. The van der Waals surface area contributed by atoms with Crippen LogP contribution in [0.15, 0.2) is 28.7 Å².